The van der Waals surface area contributed by atoms with Crippen molar-refractivity contribution < 1.29 is 0 Å². The van der Waals surface area contributed by atoms with Gasteiger partial charge in [-0.2, -0.15) is 0 Å². The zero-order valence-electron chi connectivity index (χ0n) is 6.12. The molecule has 1 aromatic rings. The Morgan fingerprint density at radius 3 is 3.18 bits per heavy atom. The fraction of sp³-hybridized carbons (Fsp3) is 0.125. The molecule has 0 saturated heterocycles. The highest BCUT2D eigenvalue weighted by Gasteiger charge is 2.18. The molecule has 0 aromatic carbocycles. The van der Waals surface area contributed by atoms with Crippen LogP contribution in [0.5, 0.6) is 0 Å². The van der Waals surface area contributed by atoms with Crippen LogP contribution < -0.4 is 0 Å². The van der Waals surface area contributed by atoms with E-state index in [4.69, 9.17) is 7.98 Å². The van der Waals surface area contributed by atoms with Crippen molar-refractivity contribution >= 4 is 13.7 Å². The first-order chi connectivity index (χ1) is 5.29. The van der Waals surface area contributed by atoms with E-state index in [0.717, 1.165) is 23.5 Å². The van der Waals surface area contributed by atoms with Crippen LogP contribution in [-0.2, 0) is 6.54 Å². The number of hydrogen-bond acceptors (Lipinski definition) is 2. The van der Waals surface area contributed by atoms with E-state index in [2.05, 4.69) is 11.6 Å². The van der Waals surface area contributed by atoms with Crippen molar-refractivity contribution in [3.63, 3.8) is 0 Å². The van der Waals surface area contributed by atoms with Gasteiger partial charge in [0.25, 0.3) is 0 Å². The van der Waals surface area contributed by atoms with Gasteiger partial charge in [-0.25, -0.2) is 0 Å². The molecule has 2 radical (unpaired) electrons. The predicted octanol–water partition coefficient (Wildman–Crippen LogP) is 0.951. The second-order valence-electron chi connectivity index (χ2n) is 2.59. The van der Waals surface area contributed by atoms with Crippen molar-refractivity contribution in [3.05, 3.63) is 36.2 Å². The minimum Gasteiger partial charge on any atom is -0.420 e. The van der Waals surface area contributed by atoms with Crippen LogP contribution in [0.1, 0.15) is 11.3 Å². The molecule has 52 valence electrons. The van der Waals surface area contributed by atoms with Gasteiger partial charge in [0, 0.05) is 18.4 Å². The van der Waals surface area contributed by atoms with Gasteiger partial charge in [-0.05, 0) is 11.6 Å². The first-order valence-corrected chi connectivity index (χ1v) is 3.44. The summed E-state index contributed by atoms with van der Waals surface area (Å²) >= 11 is 0. The summed E-state index contributed by atoms with van der Waals surface area (Å²) in [4.78, 5) is 5.78. The summed E-state index contributed by atoms with van der Waals surface area (Å²) in [5, 5.41) is 0. The summed E-state index contributed by atoms with van der Waals surface area (Å²) in [6.45, 7) is 4.54. The van der Waals surface area contributed by atoms with E-state index in [1.807, 2.05) is 12.1 Å². The molecule has 1 aliphatic rings. The lowest BCUT2D eigenvalue weighted by atomic mass is 10.2. The molecule has 2 rings (SSSR count). The highest BCUT2D eigenvalue weighted by molar-refractivity contribution is 6.10. The molecule has 0 atom stereocenters. The number of fused-ring (bicyclic) bond motifs is 1. The predicted molar refractivity (Wildman–Crippen MR) is 44.6 cm³/mol. The second-order valence-corrected chi connectivity index (χ2v) is 2.59. The van der Waals surface area contributed by atoms with E-state index in [1.54, 1.807) is 11.0 Å². The summed E-state index contributed by atoms with van der Waals surface area (Å²) in [7, 11) is 5.62. The van der Waals surface area contributed by atoms with Crippen LogP contribution in [0.15, 0.2) is 24.9 Å². The van der Waals surface area contributed by atoms with Crippen LogP contribution in [0.25, 0.3) is 5.70 Å². The third kappa shape index (κ3) is 0.844. The van der Waals surface area contributed by atoms with Crippen molar-refractivity contribution in [1.29, 1.82) is 0 Å². The molecule has 2 heterocycles. The molecule has 0 N–H and O–H groups in total. The maximum atomic E-state index is 5.62. The number of aromatic nitrogens is 1. The van der Waals surface area contributed by atoms with Gasteiger partial charge in [0.1, 0.15) is 0 Å². The van der Waals surface area contributed by atoms with Crippen LogP contribution in [0.4, 0.5) is 0 Å². The van der Waals surface area contributed by atoms with E-state index in [1.165, 1.54) is 0 Å². The Bertz CT molecular complexity index is 309. The molecule has 0 bridgehead atoms. The molecule has 1 aliphatic heterocycles. The van der Waals surface area contributed by atoms with Crippen LogP contribution in [0, 0.1) is 0 Å². The second kappa shape index (κ2) is 2.12. The van der Waals surface area contributed by atoms with Gasteiger partial charge in [-0.15, -0.1) is 0 Å². The summed E-state index contributed by atoms with van der Waals surface area (Å²) in [6.07, 6.45) is 1.75. The van der Waals surface area contributed by atoms with Gasteiger partial charge in [0.15, 0.2) is 0 Å². The van der Waals surface area contributed by atoms with Gasteiger partial charge in [-0.3, -0.25) is 4.98 Å². The molecule has 0 spiro atoms. The van der Waals surface area contributed by atoms with E-state index in [-0.39, 0.29) is 0 Å². The molecule has 0 amide bonds. The third-order valence-corrected chi connectivity index (χ3v) is 1.85. The summed E-state index contributed by atoms with van der Waals surface area (Å²) in [5.74, 6) is 0. The van der Waals surface area contributed by atoms with Crippen molar-refractivity contribution in [2.24, 2.45) is 0 Å². The summed E-state index contributed by atoms with van der Waals surface area (Å²) < 4.78 is 0. The highest BCUT2D eigenvalue weighted by Crippen LogP contribution is 2.26. The van der Waals surface area contributed by atoms with Gasteiger partial charge in [-0.1, -0.05) is 12.6 Å². The molecular formula is C8H7BN2. The lowest BCUT2D eigenvalue weighted by Gasteiger charge is -2.09. The monoisotopic (exact) mass is 142 g/mol. The zero-order valence-corrected chi connectivity index (χ0v) is 6.12. The minimum absolute atomic E-state index is 0.724. The lowest BCUT2D eigenvalue weighted by molar-refractivity contribution is 0.659. The van der Waals surface area contributed by atoms with Crippen LogP contribution in [0.2, 0.25) is 0 Å². The van der Waals surface area contributed by atoms with E-state index in [9.17, 15) is 0 Å². The Morgan fingerprint density at radius 1 is 1.64 bits per heavy atom. The fourth-order valence-corrected chi connectivity index (χ4v) is 1.24. The van der Waals surface area contributed by atoms with E-state index < -0.39 is 0 Å². The van der Waals surface area contributed by atoms with Crippen LogP contribution in [0.3, 0.4) is 0 Å². The van der Waals surface area contributed by atoms with Crippen molar-refractivity contribution in [3.8, 4) is 0 Å². The first kappa shape index (κ1) is 6.46. The Balaban J connectivity index is 2.55. The van der Waals surface area contributed by atoms with Crippen molar-refractivity contribution in [2.75, 3.05) is 0 Å². The molecule has 3 heteroatoms. The molecule has 0 fully saturated rings. The standard InChI is InChI=1S/C8H7BN2/c1-6-8-7(5-11(6)9)3-2-4-10-8/h2-4H,1,5H2. The Kier molecular flexibility index (Phi) is 1.25. The maximum absolute atomic E-state index is 5.62. The fourth-order valence-electron chi connectivity index (χ4n) is 1.24. The summed E-state index contributed by atoms with van der Waals surface area (Å²) in [6, 6.07) is 3.92. The Labute approximate surface area is 67.0 Å². The summed E-state index contributed by atoms with van der Waals surface area (Å²) in [5.41, 5.74) is 2.88. The Hall–Kier alpha value is -1.25. The van der Waals surface area contributed by atoms with E-state index >= 15 is 0 Å². The van der Waals surface area contributed by atoms with Gasteiger partial charge in [0.2, 0.25) is 7.98 Å². The van der Waals surface area contributed by atoms with Gasteiger partial charge >= 0.3 is 0 Å². The largest absolute Gasteiger partial charge is 0.420 e. The SMILES string of the molecule is [B]N1Cc2cccnc2C1=C. The average molecular weight is 142 g/mol. The molecule has 0 aliphatic carbocycles. The topological polar surface area (TPSA) is 16.1 Å². The quantitative estimate of drug-likeness (QED) is 0.501. The first-order valence-electron chi connectivity index (χ1n) is 3.44. The molecule has 0 saturated carbocycles. The van der Waals surface area contributed by atoms with Crippen molar-refractivity contribution in [1.82, 2.24) is 9.79 Å². The third-order valence-electron chi connectivity index (χ3n) is 1.85. The molecule has 0 unspecified atom stereocenters. The number of nitrogens with zero attached hydrogens (tertiary/aromatic N) is 2. The minimum atomic E-state index is 0.724. The highest BCUT2D eigenvalue weighted by atomic mass is 15.1. The lowest BCUT2D eigenvalue weighted by Crippen LogP contribution is -2.08. The van der Waals surface area contributed by atoms with E-state index in [0.29, 0.717) is 0 Å². The van der Waals surface area contributed by atoms with Crippen molar-refractivity contribution in [2.45, 2.75) is 6.54 Å². The number of hydrogen-bond donors (Lipinski definition) is 0. The van der Waals surface area contributed by atoms with Gasteiger partial charge in [0.05, 0.1) is 5.69 Å². The number of pyridine rings is 1. The Morgan fingerprint density at radius 2 is 2.45 bits per heavy atom. The zero-order chi connectivity index (χ0) is 7.84. The molecule has 2 nitrogen and oxygen atoms in total. The smallest absolute Gasteiger partial charge is 0.227 e. The maximum Gasteiger partial charge on any atom is 0.227 e. The average Bonchev–Trinajstić information content (AvgIpc) is 2.30. The van der Waals surface area contributed by atoms with Crippen LogP contribution in [-0.4, -0.2) is 17.8 Å². The molecular weight excluding hydrogens is 135 g/mol. The van der Waals surface area contributed by atoms with Crippen LogP contribution >= 0.6 is 0 Å². The number of rotatable bonds is 0. The molecule has 1 aromatic heterocycles. The van der Waals surface area contributed by atoms with Gasteiger partial charge < -0.3 is 4.81 Å². The molecule has 11 heavy (non-hydrogen) atoms. The normalized spacial score (nSPS) is 15.3.